The molecule has 0 heterocycles. The molecule has 1 fully saturated rings. The van der Waals surface area contributed by atoms with Gasteiger partial charge in [-0.3, -0.25) is 4.79 Å². The summed E-state index contributed by atoms with van der Waals surface area (Å²) in [6.45, 7) is 2.78. The van der Waals surface area contributed by atoms with Crippen LogP contribution in [-0.4, -0.2) is 17.8 Å². The van der Waals surface area contributed by atoms with Gasteiger partial charge in [-0.1, -0.05) is 25.7 Å². The fourth-order valence-electron chi connectivity index (χ4n) is 2.28. The maximum atomic E-state index is 11.9. The SMILES string of the molecule is CC(Cl)CCCNC(=O)C1CCCCCC1. The van der Waals surface area contributed by atoms with Crippen LogP contribution < -0.4 is 5.32 Å². The van der Waals surface area contributed by atoms with Crippen LogP contribution in [0.3, 0.4) is 0 Å². The molecule has 1 N–H and O–H groups in total. The second kappa shape index (κ2) is 7.94. The molecular weight excluding hydrogens is 222 g/mol. The number of alkyl halides is 1. The van der Waals surface area contributed by atoms with Gasteiger partial charge in [-0.05, 0) is 32.6 Å². The van der Waals surface area contributed by atoms with Crippen LogP contribution in [0.4, 0.5) is 0 Å². The molecule has 1 unspecified atom stereocenters. The molecule has 1 amide bonds. The highest BCUT2D eigenvalue weighted by molar-refractivity contribution is 6.20. The molecule has 1 aliphatic carbocycles. The molecule has 0 radical (unpaired) electrons. The van der Waals surface area contributed by atoms with Gasteiger partial charge in [-0.25, -0.2) is 0 Å². The summed E-state index contributed by atoms with van der Waals surface area (Å²) in [7, 11) is 0. The lowest BCUT2D eigenvalue weighted by Gasteiger charge is -2.14. The van der Waals surface area contributed by atoms with Crippen LogP contribution >= 0.6 is 11.6 Å². The number of carbonyl (C=O) groups is 1. The Kier molecular flexibility index (Phi) is 6.86. The lowest BCUT2D eigenvalue weighted by molar-refractivity contribution is -0.125. The Labute approximate surface area is 104 Å². The summed E-state index contributed by atoms with van der Waals surface area (Å²) in [5.41, 5.74) is 0. The Hall–Kier alpha value is -0.240. The van der Waals surface area contributed by atoms with Crippen LogP contribution in [0, 0.1) is 5.92 Å². The van der Waals surface area contributed by atoms with Crippen molar-refractivity contribution in [1.29, 1.82) is 0 Å². The Bertz CT molecular complexity index is 198. The molecule has 0 aromatic carbocycles. The summed E-state index contributed by atoms with van der Waals surface area (Å²) >= 11 is 5.85. The summed E-state index contributed by atoms with van der Waals surface area (Å²) < 4.78 is 0. The molecule has 1 saturated carbocycles. The van der Waals surface area contributed by atoms with E-state index in [0.29, 0.717) is 0 Å². The fraction of sp³-hybridized carbons (Fsp3) is 0.923. The van der Waals surface area contributed by atoms with Gasteiger partial charge in [-0.2, -0.15) is 0 Å². The molecule has 1 atom stereocenters. The lowest BCUT2D eigenvalue weighted by Crippen LogP contribution is -2.31. The Morgan fingerprint density at radius 3 is 2.50 bits per heavy atom. The number of halogens is 1. The Morgan fingerprint density at radius 2 is 1.94 bits per heavy atom. The molecular formula is C13H24ClNO. The van der Waals surface area contributed by atoms with Crippen molar-refractivity contribution < 1.29 is 4.79 Å². The van der Waals surface area contributed by atoms with Crippen molar-refractivity contribution in [3.63, 3.8) is 0 Å². The summed E-state index contributed by atoms with van der Waals surface area (Å²) in [4.78, 5) is 11.9. The van der Waals surface area contributed by atoms with Crippen molar-refractivity contribution in [3.8, 4) is 0 Å². The van der Waals surface area contributed by atoms with Crippen LogP contribution in [0.5, 0.6) is 0 Å². The van der Waals surface area contributed by atoms with Crippen molar-refractivity contribution in [2.75, 3.05) is 6.54 Å². The van der Waals surface area contributed by atoms with Crippen molar-refractivity contribution >= 4 is 17.5 Å². The van der Waals surface area contributed by atoms with Gasteiger partial charge >= 0.3 is 0 Å². The number of hydrogen-bond acceptors (Lipinski definition) is 1. The quantitative estimate of drug-likeness (QED) is 0.449. The third-order valence-corrected chi connectivity index (χ3v) is 3.52. The third kappa shape index (κ3) is 5.74. The van der Waals surface area contributed by atoms with Crippen LogP contribution in [0.2, 0.25) is 0 Å². The van der Waals surface area contributed by atoms with Gasteiger partial charge in [0, 0.05) is 17.8 Å². The molecule has 0 bridgehead atoms. The molecule has 1 rings (SSSR count). The van der Waals surface area contributed by atoms with E-state index in [0.717, 1.165) is 32.2 Å². The molecule has 94 valence electrons. The topological polar surface area (TPSA) is 29.1 Å². The fourth-order valence-corrected chi connectivity index (χ4v) is 2.44. The lowest BCUT2D eigenvalue weighted by atomic mass is 9.99. The molecule has 16 heavy (non-hydrogen) atoms. The van der Waals surface area contributed by atoms with E-state index in [4.69, 9.17) is 11.6 Å². The minimum absolute atomic E-state index is 0.217. The first-order chi connectivity index (χ1) is 7.70. The molecule has 3 heteroatoms. The minimum atomic E-state index is 0.217. The zero-order valence-corrected chi connectivity index (χ0v) is 11.1. The first-order valence-corrected chi connectivity index (χ1v) is 7.05. The van der Waals surface area contributed by atoms with Gasteiger partial charge in [0.25, 0.3) is 0 Å². The van der Waals surface area contributed by atoms with Gasteiger partial charge in [0.05, 0.1) is 0 Å². The minimum Gasteiger partial charge on any atom is -0.356 e. The van der Waals surface area contributed by atoms with Crippen molar-refractivity contribution in [2.24, 2.45) is 5.92 Å². The van der Waals surface area contributed by atoms with Gasteiger partial charge in [0.2, 0.25) is 5.91 Å². The van der Waals surface area contributed by atoms with Crippen molar-refractivity contribution in [2.45, 2.75) is 63.7 Å². The molecule has 0 spiro atoms. The number of rotatable bonds is 5. The monoisotopic (exact) mass is 245 g/mol. The van der Waals surface area contributed by atoms with Gasteiger partial charge in [0.15, 0.2) is 0 Å². The van der Waals surface area contributed by atoms with E-state index in [2.05, 4.69) is 5.32 Å². The number of nitrogens with one attached hydrogen (secondary N) is 1. The molecule has 0 aromatic rings. The van der Waals surface area contributed by atoms with E-state index in [1.165, 1.54) is 25.7 Å². The predicted octanol–water partition coefficient (Wildman–Crippen LogP) is 3.48. The zero-order chi connectivity index (χ0) is 11.8. The Balaban J connectivity index is 2.13. The molecule has 0 aliphatic heterocycles. The highest BCUT2D eigenvalue weighted by Crippen LogP contribution is 2.22. The average molecular weight is 246 g/mol. The van der Waals surface area contributed by atoms with E-state index < -0.39 is 0 Å². The summed E-state index contributed by atoms with van der Waals surface area (Å²) in [5.74, 6) is 0.542. The molecule has 2 nitrogen and oxygen atoms in total. The van der Waals surface area contributed by atoms with Crippen LogP contribution in [-0.2, 0) is 4.79 Å². The first kappa shape index (κ1) is 13.8. The van der Waals surface area contributed by atoms with Crippen molar-refractivity contribution in [1.82, 2.24) is 5.32 Å². The van der Waals surface area contributed by atoms with Gasteiger partial charge in [0.1, 0.15) is 0 Å². The Morgan fingerprint density at radius 1 is 1.31 bits per heavy atom. The van der Waals surface area contributed by atoms with Crippen LogP contribution in [0.15, 0.2) is 0 Å². The second-order valence-corrected chi connectivity index (χ2v) is 5.65. The molecule has 1 aliphatic rings. The van der Waals surface area contributed by atoms with E-state index in [9.17, 15) is 4.79 Å². The van der Waals surface area contributed by atoms with Crippen molar-refractivity contribution in [3.05, 3.63) is 0 Å². The normalized spacial score (nSPS) is 20.1. The smallest absolute Gasteiger partial charge is 0.223 e. The third-order valence-electron chi connectivity index (χ3n) is 3.30. The predicted molar refractivity (Wildman–Crippen MR) is 68.8 cm³/mol. The van der Waals surface area contributed by atoms with E-state index >= 15 is 0 Å². The number of hydrogen-bond donors (Lipinski definition) is 1. The maximum Gasteiger partial charge on any atom is 0.223 e. The largest absolute Gasteiger partial charge is 0.356 e. The average Bonchev–Trinajstić information content (AvgIpc) is 2.52. The summed E-state index contributed by atoms with van der Waals surface area (Å²) in [5, 5.41) is 3.26. The zero-order valence-electron chi connectivity index (χ0n) is 10.3. The number of amides is 1. The van der Waals surface area contributed by atoms with E-state index in [-0.39, 0.29) is 17.2 Å². The second-order valence-electron chi connectivity index (χ2n) is 4.90. The van der Waals surface area contributed by atoms with Gasteiger partial charge < -0.3 is 5.32 Å². The number of carbonyl (C=O) groups excluding carboxylic acids is 1. The summed E-state index contributed by atoms with van der Waals surface area (Å²) in [6.07, 6.45) is 9.17. The maximum absolute atomic E-state index is 11.9. The molecule has 0 saturated heterocycles. The summed E-state index contributed by atoms with van der Waals surface area (Å²) in [6, 6.07) is 0. The highest BCUT2D eigenvalue weighted by atomic mass is 35.5. The van der Waals surface area contributed by atoms with Gasteiger partial charge in [-0.15, -0.1) is 11.6 Å². The first-order valence-electron chi connectivity index (χ1n) is 6.62. The standard InChI is InChI=1S/C13H24ClNO/c1-11(14)7-6-10-15-13(16)12-8-4-2-3-5-9-12/h11-12H,2-10H2,1H3,(H,15,16). The van der Waals surface area contributed by atoms with Crippen LogP contribution in [0.1, 0.15) is 58.3 Å². The van der Waals surface area contributed by atoms with E-state index in [1.807, 2.05) is 6.92 Å². The van der Waals surface area contributed by atoms with Crippen LogP contribution in [0.25, 0.3) is 0 Å². The van der Waals surface area contributed by atoms with E-state index in [1.54, 1.807) is 0 Å². The molecule has 0 aromatic heterocycles. The highest BCUT2D eigenvalue weighted by Gasteiger charge is 2.19.